The quantitative estimate of drug-likeness (QED) is 0.869. The Morgan fingerprint density at radius 1 is 1.45 bits per heavy atom. The number of rotatable bonds is 5. The molecule has 1 aromatic rings. The Bertz CT molecular complexity index is 475. The SMILES string of the molecule is CCCNc1ccccc1C(=O)NC1(C)CCOC1C. The summed E-state index contributed by atoms with van der Waals surface area (Å²) in [6, 6.07) is 7.64. The van der Waals surface area contributed by atoms with E-state index in [0.29, 0.717) is 12.2 Å². The largest absolute Gasteiger partial charge is 0.384 e. The van der Waals surface area contributed by atoms with Crippen LogP contribution in [0.1, 0.15) is 44.0 Å². The molecule has 1 aliphatic heterocycles. The van der Waals surface area contributed by atoms with E-state index >= 15 is 0 Å². The van der Waals surface area contributed by atoms with Crippen molar-refractivity contribution in [2.75, 3.05) is 18.5 Å². The molecule has 0 bridgehead atoms. The first-order valence-electron chi connectivity index (χ1n) is 7.34. The molecular formula is C16H24N2O2. The average molecular weight is 276 g/mol. The van der Waals surface area contributed by atoms with E-state index in [0.717, 1.165) is 25.1 Å². The van der Waals surface area contributed by atoms with Gasteiger partial charge in [-0.3, -0.25) is 4.79 Å². The van der Waals surface area contributed by atoms with Crippen LogP contribution in [-0.4, -0.2) is 30.7 Å². The second-order valence-electron chi connectivity index (χ2n) is 5.61. The molecule has 4 heteroatoms. The summed E-state index contributed by atoms with van der Waals surface area (Å²) in [6.45, 7) is 7.72. The zero-order valence-electron chi connectivity index (χ0n) is 12.5. The maximum atomic E-state index is 12.5. The van der Waals surface area contributed by atoms with Crippen LogP contribution in [0.25, 0.3) is 0 Å². The summed E-state index contributed by atoms with van der Waals surface area (Å²) in [5, 5.41) is 6.43. The molecule has 20 heavy (non-hydrogen) atoms. The van der Waals surface area contributed by atoms with Gasteiger partial charge in [-0.2, -0.15) is 0 Å². The van der Waals surface area contributed by atoms with Gasteiger partial charge in [-0.15, -0.1) is 0 Å². The van der Waals surface area contributed by atoms with E-state index in [-0.39, 0.29) is 17.6 Å². The summed E-state index contributed by atoms with van der Waals surface area (Å²) >= 11 is 0. The standard InChI is InChI=1S/C16H24N2O2/c1-4-10-17-14-8-6-5-7-13(14)15(19)18-16(3)9-11-20-12(16)2/h5-8,12,17H,4,9-11H2,1-3H3,(H,18,19). The molecule has 2 rings (SSSR count). The fourth-order valence-electron chi connectivity index (χ4n) is 2.42. The average Bonchev–Trinajstić information content (AvgIpc) is 2.76. The van der Waals surface area contributed by atoms with Crippen LogP contribution >= 0.6 is 0 Å². The van der Waals surface area contributed by atoms with Crippen LogP contribution in [0, 0.1) is 0 Å². The van der Waals surface area contributed by atoms with E-state index in [4.69, 9.17) is 4.74 Å². The minimum absolute atomic E-state index is 0.0379. The van der Waals surface area contributed by atoms with Crippen LogP contribution in [-0.2, 0) is 4.74 Å². The molecule has 2 atom stereocenters. The number of para-hydroxylation sites is 1. The summed E-state index contributed by atoms with van der Waals surface area (Å²) in [5.41, 5.74) is 1.30. The molecule has 1 aromatic carbocycles. The fourth-order valence-corrected chi connectivity index (χ4v) is 2.42. The van der Waals surface area contributed by atoms with Gasteiger partial charge in [0.1, 0.15) is 0 Å². The minimum Gasteiger partial charge on any atom is -0.384 e. The number of carbonyl (C=O) groups excluding carboxylic acids is 1. The highest BCUT2D eigenvalue weighted by Gasteiger charge is 2.38. The maximum absolute atomic E-state index is 12.5. The smallest absolute Gasteiger partial charge is 0.253 e. The second kappa shape index (κ2) is 6.27. The monoisotopic (exact) mass is 276 g/mol. The molecule has 0 radical (unpaired) electrons. The van der Waals surface area contributed by atoms with Crippen molar-refractivity contribution in [1.29, 1.82) is 0 Å². The first-order valence-corrected chi connectivity index (χ1v) is 7.34. The first-order chi connectivity index (χ1) is 9.57. The van der Waals surface area contributed by atoms with Crippen molar-refractivity contribution in [3.8, 4) is 0 Å². The summed E-state index contributed by atoms with van der Waals surface area (Å²) in [5.74, 6) is -0.0379. The Hall–Kier alpha value is -1.55. The van der Waals surface area contributed by atoms with Crippen LogP contribution in [0.4, 0.5) is 5.69 Å². The van der Waals surface area contributed by atoms with Crippen molar-refractivity contribution >= 4 is 11.6 Å². The molecule has 1 saturated heterocycles. The number of ether oxygens (including phenoxy) is 1. The highest BCUT2D eigenvalue weighted by atomic mass is 16.5. The second-order valence-corrected chi connectivity index (χ2v) is 5.61. The lowest BCUT2D eigenvalue weighted by Gasteiger charge is -2.29. The van der Waals surface area contributed by atoms with E-state index in [9.17, 15) is 4.79 Å². The van der Waals surface area contributed by atoms with Crippen molar-refractivity contribution in [1.82, 2.24) is 5.32 Å². The van der Waals surface area contributed by atoms with Crippen LogP contribution in [0.2, 0.25) is 0 Å². The van der Waals surface area contributed by atoms with Crippen LogP contribution < -0.4 is 10.6 Å². The van der Waals surface area contributed by atoms with E-state index in [1.165, 1.54) is 0 Å². The number of anilines is 1. The van der Waals surface area contributed by atoms with E-state index < -0.39 is 0 Å². The van der Waals surface area contributed by atoms with Crippen LogP contribution in [0.15, 0.2) is 24.3 Å². The molecule has 0 aliphatic carbocycles. The van der Waals surface area contributed by atoms with Gasteiger partial charge in [0.2, 0.25) is 0 Å². The number of hydrogen-bond acceptors (Lipinski definition) is 3. The van der Waals surface area contributed by atoms with Crippen LogP contribution in [0.3, 0.4) is 0 Å². The summed E-state index contributed by atoms with van der Waals surface area (Å²) in [7, 11) is 0. The van der Waals surface area contributed by atoms with Gasteiger partial charge in [0.05, 0.1) is 17.2 Å². The normalized spacial score (nSPS) is 25.4. The highest BCUT2D eigenvalue weighted by Crippen LogP contribution is 2.26. The van der Waals surface area contributed by atoms with Crippen molar-refractivity contribution in [3.05, 3.63) is 29.8 Å². The Morgan fingerprint density at radius 3 is 2.85 bits per heavy atom. The molecule has 0 saturated carbocycles. The predicted octanol–water partition coefficient (Wildman–Crippen LogP) is 2.81. The number of carbonyl (C=O) groups is 1. The molecule has 110 valence electrons. The molecule has 2 N–H and O–H groups in total. The summed E-state index contributed by atoms with van der Waals surface area (Å²) in [4.78, 5) is 12.5. The van der Waals surface area contributed by atoms with Gasteiger partial charge < -0.3 is 15.4 Å². The molecule has 1 heterocycles. The van der Waals surface area contributed by atoms with Crippen LogP contribution in [0.5, 0.6) is 0 Å². The number of nitrogens with one attached hydrogen (secondary N) is 2. The van der Waals surface area contributed by atoms with Gasteiger partial charge in [0, 0.05) is 18.8 Å². The zero-order chi connectivity index (χ0) is 14.6. The van der Waals surface area contributed by atoms with Gasteiger partial charge in [0.15, 0.2) is 0 Å². The maximum Gasteiger partial charge on any atom is 0.253 e. The molecule has 1 amide bonds. The van der Waals surface area contributed by atoms with Gasteiger partial charge in [-0.05, 0) is 38.8 Å². The van der Waals surface area contributed by atoms with Crippen molar-refractivity contribution < 1.29 is 9.53 Å². The Balaban J connectivity index is 2.13. The zero-order valence-corrected chi connectivity index (χ0v) is 12.5. The molecule has 4 nitrogen and oxygen atoms in total. The third-order valence-electron chi connectivity index (χ3n) is 4.02. The van der Waals surface area contributed by atoms with Gasteiger partial charge in [0.25, 0.3) is 5.91 Å². The van der Waals surface area contributed by atoms with Crippen molar-refractivity contribution in [2.24, 2.45) is 0 Å². The predicted molar refractivity (Wildman–Crippen MR) is 81.1 cm³/mol. The lowest BCUT2D eigenvalue weighted by Crippen LogP contribution is -2.50. The Kier molecular flexibility index (Phi) is 4.65. The lowest BCUT2D eigenvalue weighted by atomic mass is 9.94. The van der Waals surface area contributed by atoms with E-state index in [1.54, 1.807) is 0 Å². The lowest BCUT2D eigenvalue weighted by molar-refractivity contribution is 0.0728. The topological polar surface area (TPSA) is 50.4 Å². The summed E-state index contributed by atoms with van der Waals surface area (Å²) in [6.07, 6.45) is 1.92. The molecule has 0 spiro atoms. The third-order valence-corrected chi connectivity index (χ3v) is 4.02. The molecular weight excluding hydrogens is 252 g/mol. The van der Waals surface area contributed by atoms with Crippen molar-refractivity contribution in [2.45, 2.75) is 45.3 Å². The van der Waals surface area contributed by atoms with Gasteiger partial charge >= 0.3 is 0 Å². The molecule has 1 aliphatic rings. The van der Waals surface area contributed by atoms with Gasteiger partial charge in [-0.1, -0.05) is 19.1 Å². The Labute approximate surface area is 120 Å². The molecule has 0 aromatic heterocycles. The highest BCUT2D eigenvalue weighted by molar-refractivity contribution is 6.00. The Morgan fingerprint density at radius 2 is 2.20 bits per heavy atom. The fraction of sp³-hybridized carbons (Fsp3) is 0.562. The van der Waals surface area contributed by atoms with E-state index in [2.05, 4.69) is 17.6 Å². The minimum atomic E-state index is -0.283. The summed E-state index contributed by atoms with van der Waals surface area (Å²) < 4.78 is 5.57. The molecule has 1 fully saturated rings. The molecule has 2 unspecified atom stereocenters. The number of hydrogen-bond donors (Lipinski definition) is 2. The van der Waals surface area contributed by atoms with E-state index in [1.807, 2.05) is 38.1 Å². The first kappa shape index (κ1) is 14.9. The van der Waals surface area contributed by atoms with Gasteiger partial charge in [-0.25, -0.2) is 0 Å². The van der Waals surface area contributed by atoms with Crippen molar-refractivity contribution in [3.63, 3.8) is 0 Å². The number of amides is 1. The number of benzene rings is 1. The third kappa shape index (κ3) is 3.12.